The summed E-state index contributed by atoms with van der Waals surface area (Å²) >= 11 is 0. The zero-order valence-electron chi connectivity index (χ0n) is 15.2. The van der Waals surface area contributed by atoms with E-state index < -0.39 is 9.84 Å². The van der Waals surface area contributed by atoms with E-state index in [1.54, 1.807) is 6.07 Å². The summed E-state index contributed by atoms with van der Waals surface area (Å²) < 4.78 is 23.4. The van der Waals surface area contributed by atoms with E-state index in [9.17, 15) is 8.42 Å². The van der Waals surface area contributed by atoms with Gasteiger partial charge in [0.1, 0.15) is 0 Å². The maximum Gasteiger partial charge on any atom is 0.177 e. The number of aromatic nitrogens is 1. The molecule has 0 saturated heterocycles. The van der Waals surface area contributed by atoms with Gasteiger partial charge in [-0.15, -0.1) is 0 Å². The molecule has 1 spiro atoms. The summed E-state index contributed by atoms with van der Waals surface area (Å²) in [6.45, 7) is 2.09. The third-order valence-corrected chi connectivity index (χ3v) is 6.59. The minimum absolute atomic E-state index is 0.132. The van der Waals surface area contributed by atoms with Crippen LogP contribution in [0.15, 0.2) is 59.6 Å². The Morgan fingerprint density at radius 1 is 0.923 bits per heavy atom. The number of nitrogens with zero attached hydrogens (tertiary/aromatic N) is 1. The molecule has 1 aromatic carbocycles. The smallest absolute Gasteiger partial charge is 0.177 e. The van der Waals surface area contributed by atoms with Crippen molar-refractivity contribution in [1.82, 2.24) is 4.98 Å². The molecule has 3 nitrogen and oxygen atoms in total. The van der Waals surface area contributed by atoms with Crippen LogP contribution in [0.4, 0.5) is 0 Å². The molecule has 0 amide bonds. The standard InChI is InChI=1S/C22H23NO2S/c1-16-5-7-17(8-6-16)19-13-22(11-3-4-12-22)14-20(19)21-10-9-18(15-23-21)26(2,24)25/h5-10,13-15H,3-4,11-12H2,1-2H3. The van der Waals surface area contributed by atoms with Crippen molar-refractivity contribution in [3.8, 4) is 0 Å². The number of pyridine rings is 1. The summed E-state index contributed by atoms with van der Waals surface area (Å²) in [5.74, 6) is 0. The third-order valence-electron chi connectivity index (χ3n) is 5.49. The minimum atomic E-state index is -3.23. The predicted octanol–water partition coefficient (Wildman–Crippen LogP) is 4.83. The van der Waals surface area contributed by atoms with Crippen LogP contribution in [0.25, 0.3) is 11.1 Å². The zero-order chi connectivity index (χ0) is 18.4. The Kier molecular flexibility index (Phi) is 4.11. The van der Waals surface area contributed by atoms with Crippen LogP contribution in [0.3, 0.4) is 0 Å². The van der Waals surface area contributed by atoms with Gasteiger partial charge in [0.25, 0.3) is 0 Å². The van der Waals surface area contributed by atoms with E-state index in [2.05, 4.69) is 48.3 Å². The van der Waals surface area contributed by atoms with Crippen molar-refractivity contribution in [3.63, 3.8) is 0 Å². The Labute approximate surface area is 155 Å². The van der Waals surface area contributed by atoms with E-state index in [1.165, 1.54) is 54.8 Å². The van der Waals surface area contributed by atoms with Crippen molar-refractivity contribution >= 4 is 21.0 Å². The Hall–Kier alpha value is -2.20. The normalized spacial score (nSPS) is 18.8. The Morgan fingerprint density at radius 2 is 1.58 bits per heavy atom. The van der Waals surface area contributed by atoms with E-state index in [-0.39, 0.29) is 10.3 Å². The molecule has 2 aliphatic rings. The molecule has 2 aliphatic carbocycles. The van der Waals surface area contributed by atoms with Gasteiger partial charge in [-0.1, -0.05) is 54.8 Å². The molecular formula is C22H23NO2S. The summed E-state index contributed by atoms with van der Waals surface area (Å²) in [4.78, 5) is 4.75. The van der Waals surface area contributed by atoms with Gasteiger partial charge in [-0.3, -0.25) is 4.98 Å². The summed E-state index contributed by atoms with van der Waals surface area (Å²) in [7, 11) is -3.23. The molecule has 1 aromatic heterocycles. The quantitative estimate of drug-likeness (QED) is 0.782. The highest BCUT2D eigenvalue weighted by Gasteiger charge is 2.36. The van der Waals surface area contributed by atoms with Crippen LogP contribution in [-0.2, 0) is 9.84 Å². The first kappa shape index (κ1) is 17.2. The molecule has 0 atom stereocenters. The highest BCUT2D eigenvalue weighted by molar-refractivity contribution is 7.90. The lowest BCUT2D eigenvalue weighted by Gasteiger charge is -2.16. The van der Waals surface area contributed by atoms with Crippen LogP contribution >= 0.6 is 0 Å². The van der Waals surface area contributed by atoms with Gasteiger partial charge in [0.2, 0.25) is 0 Å². The number of sulfone groups is 1. The van der Waals surface area contributed by atoms with Crippen molar-refractivity contribution in [2.45, 2.75) is 37.5 Å². The van der Waals surface area contributed by atoms with Crippen molar-refractivity contribution in [2.24, 2.45) is 5.41 Å². The minimum Gasteiger partial charge on any atom is -0.255 e. The molecule has 0 bridgehead atoms. The van der Waals surface area contributed by atoms with Crippen LogP contribution in [-0.4, -0.2) is 19.7 Å². The van der Waals surface area contributed by atoms with Crippen LogP contribution in [0.2, 0.25) is 0 Å². The summed E-state index contributed by atoms with van der Waals surface area (Å²) in [5.41, 5.74) is 5.74. The molecule has 1 heterocycles. The fraction of sp³-hybridized carbons (Fsp3) is 0.318. The number of rotatable bonds is 3. The molecule has 2 aromatic rings. The SMILES string of the molecule is Cc1ccc(C2=CC3(C=C2c2ccc(S(C)(=O)=O)cn2)CCCC3)cc1. The second kappa shape index (κ2) is 6.20. The van der Waals surface area contributed by atoms with Crippen molar-refractivity contribution in [3.05, 3.63) is 71.6 Å². The fourth-order valence-corrected chi connectivity index (χ4v) is 4.60. The summed E-state index contributed by atoms with van der Waals surface area (Å²) in [6.07, 6.45) is 12.3. The maximum atomic E-state index is 11.7. The largest absolute Gasteiger partial charge is 0.255 e. The predicted molar refractivity (Wildman–Crippen MR) is 105 cm³/mol. The van der Waals surface area contributed by atoms with Crippen LogP contribution in [0.1, 0.15) is 42.5 Å². The Bertz CT molecular complexity index is 991. The highest BCUT2D eigenvalue weighted by atomic mass is 32.2. The second-order valence-electron chi connectivity index (χ2n) is 7.57. The third kappa shape index (κ3) is 3.14. The van der Waals surface area contributed by atoms with E-state index in [0.717, 1.165) is 11.3 Å². The average Bonchev–Trinajstić information content (AvgIpc) is 3.22. The molecule has 0 unspecified atom stereocenters. The number of hydrogen-bond donors (Lipinski definition) is 0. The summed E-state index contributed by atoms with van der Waals surface area (Å²) in [6, 6.07) is 12.1. The molecule has 0 N–H and O–H groups in total. The molecule has 1 fully saturated rings. The lowest BCUT2D eigenvalue weighted by Crippen LogP contribution is -2.05. The highest BCUT2D eigenvalue weighted by Crippen LogP contribution is 2.51. The first-order valence-corrected chi connectivity index (χ1v) is 11.0. The molecule has 4 rings (SSSR count). The van der Waals surface area contributed by atoms with E-state index in [1.807, 2.05) is 6.07 Å². The van der Waals surface area contributed by atoms with Gasteiger partial charge in [-0.2, -0.15) is 0 Å². The first-order valence-electron chi connectivity index (χ1n) is 9.06. The second-order valence-corrected chi connectivity index (χ2v) is 9.59. The summed E-state index contributed by atoms with van der Waals surface area (Å²) in [5, 5.41) is 0. The average molecular weight is 365 g/mol. The zero-order valence-corrected chi connectivity index (χ0v) is 16.0. The monoisotopic (exact) mass is 365 g/mol. The lowest BCUT2D eigenvalue weighted by atomic mass is 9.88. The van der Waals surface area contributed by atoms with Gasteiger partial charge in [0.05, 0.1) is 10.6 Å². The molecule has 1 saturated carbocycles. The molecule has 0 radical (unpaired) electrons. The van der Waals surface area contributed by atoms with Crippen LogP contribution < -0.4 is 0 Å². The first-order chi connectivity index (χ1) is 12.4. The number of aryl methyl sites for hydroxylation is 1. The topological polar surface area (TPSA) is 47.0 Å². The molecule has 134 valence electrons. The number of hydrogen-bond acceptors (Lipinski definition) is 3. The number of benzene rings is 1. The number of allylic oxidation sites excluding steroid dienone is 4. The van der Waals surface area contributed by atoms with Crippen molar-refractivity contribution < 1.29 is 8.42 Å². The van der Waals surface area contributed by atoms with Crippen LogP contribution in [0, 0.1) is 12.3 Å². The van der Waals surface area contributed by atoms with E-state index in [4.69, 9.17) is 0 Å². The van der Waals surface area contributed by atoms with Gasteiger partial charge in [0, 0.05) is 23.4 Å². The molecule has 26 heavy (non-hydrogen) atoms. The Balaban J connectivity index is 1.79. The van der Waals surface area contributed by atoms with Crippen molar-refractivity contribution in [1.29, 1.82) is 0 Å². The Morgan fingerprint density at radius 3 is 2.15 bits per heavy atom. The van der Waals surface area contributed by atoms with E-state index >= 15 is 0 Å². The molecule has 0 aliphatic heterocycles. The maximum absolute atomic E-state index is 11.7. The van der Waals surface area contributed by atoms with Crippen LogP contribution in [0.5, 0.6) is 0 Å². The van der Waals surface area contributed by atoms with E-state index in [0.29, 0.717) is 0 Å². The van der Waals surface area contributed by atoms with Gasteiger partial charge in [0.15, 0.2) is 9.84 Å². The van der Waals surface area contributed by atoms with Gasteiger partial charge >= 0.3 is 0 Å². The molecule has 4 heteroatoms. The fourth-order valence-electron chi connectivity index (χ4n) is 4.04. The van der Waals surface area contributed by atoms with Crippen molar-refractivity contribution in [2.75, 3.05) is 6.26 Å². The van der Waals surface area contributed by atoms with Gasteiger partial charge < -0.3 is 0 Å². The van der Waals surface area contributed by atoms with Gasteiger partial charge in [-0.25, -0.2) is 8.42 Å². The van der Waals surface area contributed by atoms with Gasteiger partial charge in [-0.05, 0) is 43.0 Å². The molecular weight excluding hydrogens is 342 g/mol. The lowest BCUT2D eigenvalue weighted by molar-refractivity contribution is 0.523.